The SMILES string of the molecule is C[C@H]1C(=O)N(c2ccc([N+](=O)[O-])cc2)CCN1C(=O)c1ccc(Cl)cc1. The van der Waals surface area contributed by atoms with Crippen molar-refractivity contribution in [2.24, 2.45) is 0 Å². The summed E-state index contributed by atoms with van der Waals surface area (Å²) in [4.78, 5) is 38.7. The smallest absolute Gasteiger partial charge is 0.269 e. The minimum atomic E-state index is -0.637. The topological polar surface area (TPSA) is 83.8 Å². The maximum atomic E-state index is 12.7. The fraction of sp³-hybridized carbons (Fsp3) is 0.222. The first kappa shape index (κ1) is 17.9. The van der Waals surface area contributed by atoms with Gasteiger partial charge in [0.1, 0.15) is 6.04 Å². The highest BCUT2D eigenvalue weighted by Crippen LogP contribution is 2.24. The molecule has 0 saturated carbocycles. The summed E-state index contributed by atoms with van der Waals surface area (Å²) in [5, 5.41) is 11.3. The zero-order valence-corrected chi connectivity index (χ0v) is 14.7. The molecule has 134 valence electrons. The minimum absolute atomic E-state index is 0.0363. The van der Waals surface area contributed by atoms with Gasteiger partial charge in [0.2, 0.25) is 5.91 Å². The number of nitro benzene ring substituents is 1. The predicted octanol–water partition coefficient (Wildman–Crippen LogP) is 3.13. The Morgan fingerprint density at radius 3 is 2.31 bits per heavy atom. The molecule has 0 spiro atoms. The van der Waals surface area contributed by atoms with E-state index in [2.05, 4.69) is 0 Å². The maximum Gasteiger partial charge on any atom is 0.269 e. The zero-order chi connectivity index (χ0) is 18.8. The van der Waals surface area contributed by atoms with Crippen molar-refractivity contribution < 1.29 is 14.5 Å². The van der Waals surface area contributed by atoms with E-state index in [1.807, 2.05) is 0 Å². The summed E-state index contributed by atoms with van der Waals surface area (Å²) in [6, 6.07) is 11.7. The van der Waals surface area contributed by atoms with E-state index >= 15 is 0 Å². The molecule has 0 bridgehead atoms. The first-order valence-electron chi connectivity index (χ1n) is 8.01. The van der Waals surface area contributed by atoms with Gasteiger partial charge in [-0.25, -0.2) is 0 Å². The Morgan fingerprint density at radius 1 is 1.12 bits per heavy atom. The van der Waals surface area contributed by atoms with Gasteiger partial charge in [0.05, 0.1) is 4.92 Å². The summed E-state index contributed by atoms with van der Waals surface area (Å²) in [7, 11) is 0. The van der Waals surface area contributed by atoms with Gasteiger partial charge in [0.25, 0.3) is 11.6 Å². The van der Waals surface area contributed by atoms with Crippen LogP contribution >= 0.6 is 11.6 Å². The minimum Gasteiger partial charge on any atom is -0.325 e. The van der Waals surface area contributed by atoms with E-state index in [9.17, 15) is 19.7 Å². The second-order valence-corrected chi connectivity index (χ2v) is 6.38. The normalized spacial score (nSPS) is 17.3. The third-order valence-corrected chi connectivity index (χ3v) is 4.63. The van der Waals surface area contributed by atoms with Crippen LogP contribution in [0.15, 0.2) is 48.5 Å². The van der Waals surface area contributed by atoms with Crippen molar-refractivity contribution in [1.82, 2.24) is 4.90 Å². The quantitative estimate of drug-likeness (QED) is 0.611. The number of carbonyl (C=O) groups is 2. The number of piperazine rings is 1. The molecular formula is C18H16ClN3O4. The number of benzene rings is 2. The summed E-state index contributed by atoms with van der Waals surface area (Å²) >= 11 is 5.84. The van der Waals surface area contributed by atoms with E-state index in [0.717, 1.165) is 0 Å². The van der Waals surface area contributed by atoms with Crippen LogP contribution in [0.3, 0.4) is 0 Å². The lowest BCUT2D eigenvalue weighted by atomic mass is 10.1. The molecule has 1 saturated heterocycles. The molecule has 0 unspecified atom stereocenters. The van der Waals surface area contributed by atoms with Gasteiger partial charge >= 0.3 is 0 Å². The lowest BCUT2D eigenvalue weighted by molar-refractivity contribution is -0.384. The van der Waals surface area contributed by atoms with Crippen molar-refractivity contribution in [3.63, 3.8) is 0 Å². The molecule has 0 aliphatic carbocycles. The van der Waals surface area contributed by atoms with Crippen LogP contribution in [0.2, 0.25) is 5.02 Å². The van der Waals surface area contributed by atoms with E-state index in [1.54, 1.807) is 48.2 Å². The fourth-order valence-corrected chi connectivity index (χ4v) is 3.04. The number of rotatable bonds is 3. The Hall–Kier alpha value is -2.93. The number of nitro groups is 1. The number of carbonyl (C=O) groups excluding carboxylic acids is 2. The molecule has 7 nitrogen and oxygen atoms in total. The molecule has 1 fully saturated rings. The standard InChI is InChI=1S/C18H16ClN3O4/c1-12-17(23)21(15-6-8-16(9-7-15)22(25)26)11-10-20(12)18(24)13-2-4-14(19)5-3-13/h2-9,12H,10-11H2,1H3/t12-/m0/s1. The van der Waals surface area contributed by atoms with E-state index < -0.39 is 11.0 Å². The van der Waals surface area contributed by atoms with Crippen LogP contribution in [-0.2, 0) is 4.79 Å². The molecule has 8 heteroatoms. The van der Waals surface area contributed by atoms with Crippen molar-refractivity contribution >= 4 is 34.8 Å². The van der Waals surface area contributed by atoms with Crippen LogP contribution in [-0.4, -0.2) is 40.8 Å². The van der Waals surface area contributed by atoms with Crippen LogP contribution in [0.25, 0.3) is 0 Å². The average molecular weight is 374 g/mol. The Morgan fingerprint density at radius 2 is 1.73 bits per heavy atom. The lowest BCUT2D eigenvalue weighted by Gasteiger charge is -2.39. The molecule has 3 rings (SSSR count). The Labute approximate surface area is 154 Å². The van der Waals surface area contributed by atoms with E-state index in [0.29, 0.717) is 29.4 Å². The summed E-state index contributed by atoms with van der Waals surface area (Å²) in [5.41, 5.74) is 1.01. The number of nitrogens with zero attached hydrogens (tertiary/aromatic N) is 3. The first-order chi connectivity index (χ1) is 12.4. The van der Waals surface area contributed by atoms with Gasteiger partial charge in [-0.2, -0.15) is 0 Å². The molecule has 2 aromatic rings. The van der Waals surface area contributed by atoms with Gasteiger partial charge in [0.15, 0.2) is 0 Å². The van der Waals surface area contributed by atoms with Gasteiger partial charge in [-0.15, -0.1) is 0 Å². The molecule has 0 radical (unpaired) electrons. The van der Waals surface area contributed by atoms with Gasteiger partial charge in [-0.3, -0.25) is 19.7 Å². The molecular weight excluding hydrogens is 358 g/mol. The number of halogens is 1. The van der Waals surface area contributed by atoms with Crippen molar-refractivity contribution in [2.45, 2.75) is 13.0 Å². The zero-order valence-electron chi connectivity index (χ0n) is 14.0. The number of amides is 2. The van der Waals surface area contributed by atoms with Crippen molar-refractivity contribution in [2.75, 3.05) is 18.0 Å². The largest absolute Gasteiger partial charge is 0.325 e. The third kappa shape index (κ3) is 3.39. The van der Waals surface area contributed by atoms with Gasteiger partial charge in [-0.05, 0) is 43.3 Å². The Kier molecular flexibility index (Phi) is 4.90. The number of hydrogen-bond donors (Lipinski definition) is 0. The van der Waals surface area contributed by atoms with E-state index in [1.165, 1.54) is 17.0 Å². The van der Waals surface area contributed by atoms with Crippen molar-refractivity contribution in [1.29, 1.82) is 0 Å². The molecule has 26 heavy (non-hydrogen) atoms. The molecule has 1 aliphatic rings. The molecule has 0 aromatic heterocycles. The van der Waals surface area contributed by atoms with Crippen LogP contribution < -0.4 is 4.90 Å². The highest BCUT2D eigenvalue weighted by atomic mass is 35.5. The summed E-state index contributed by atoms with van der Waals surface area (Å²) in [6.45, 7) is 2.36. The first-order valence-corrected chi connectivity index (χ1v) is 8.38. The van der Waals surface area contributed by atoms with Crippen LogP contribution in [0.4, 0.5) is 11.4 Å². The average Bonchev–Trinajstić information content (AvgIpc) is 2.64. The fourth-order valence-electron chi connectivity index (χ4n) is 2.92. The van der Waals surface area contributed by atoms with Crippen molar-refractivity contribution in [3.05, 3.63) is 69.2 Å². The summed E-state index contributed by atoms with van der Waals surface area (Å²) < 4.78 is 0. The summed E-state index contributed by atoms with van der Waals surface area (Å²) in [6.07, 6.45) is 0. The Balaban J connectivity index is 1.76. The van der Waals surface area contributed by atoms with Crippen LogP contribution in [0.5, 0.6) is 0 Å². The monoisotopic (exact) mass is 373 g/mol. The third-order valence-electron chi connectivity index (χ3n) is 4.38. The highest BCUT2D eigenvalue weighted by Gasteiger charge is 2.35. The van der Waals surface area contributed by atoms with Crippen LogP contribution in [0.1, 0.15) is 17.3 Å². The molecule has 2 aromatic carbocycles. The van der Waals surface area contributed by atoms with Gasteiger partial charge in [-0.1, -0.05) is 11.6 Å². The van der Waals surface area contributed by atoms with E-state index in [4.69, 9.17) is 11.6 Å². The highest BCUT2D eigenvalue weighted by molar-refractivity contribution is 6.30. The number of hydrogen-bond acceptors (Lipinski definition) is 4. The van der Waals surface area contributed by atoms with Gasteiger partial charge in [0, 0.05) is 41.5 Å². The Bertz CT molecular complexity index is 852. The summed E-state index contributed by atoms with van der Waals surface area (Å²) in [5.74, 6) is -0.460. The second-order valence-electron chi connectivity index (χ2n) is 5.94. The maximum absolute atomic E-state index is 12.7. The van der Waals surface area contributed by atoms with Gasteiger partial charge < -0.3 is 9.80 Å². The van der Waals surface area contributed by atoms with Crippen LogP contribution in [0, 0.1) is 10.1 Å². The molecule has 1 atom stereocenters. The molecule has 1 aliphatic heterocycles. The van der Waals surface area contributed by atoms with Crippen molar-refractivity contribution in [3.8, 4) is 0 Å². The number of non-ortho nitro benzene ring substituents is 1. The predicted molar refractivity (Wildman–Crippen MR) is 97.4 cm³/mol. The molecule has 2 amide bonds. The molecule has 1 heterocycles. The lowest BCUT2D eigenvalue weighted by Crippen LogP contribution is -2.57. The molecule has 0 N–H and O–H groups in total. The van der Waals surface area contributed by atoms with E-state index in [-0.39, 0.29) is 17.5 Å². The number of anilines is 1. The second kappa shape index (κ2) is 7.13.